The zero-order valence-corrected chi connectivity index (χ0v) is 10.4. The van der Waals surface area contributed by atoms with Crippen LogP contribution in [0.15, 0.2) is 42.7 Å². The van der Waals surface area contributed by atoms with Crippen LogP contribution in [0.4, 0.5) is 0 Å². The molecular weight excluding hydrogens is 208 g/mol. The maximum absolute atomic E-state index is 4.30. The number of nitrogens with zero attached hydrogens (tertiary/aromatic N) is 1. The molecule has 0 radical (unpaired) electrons. The highest BCUT2D eigenvalue weighted by Crippen LogP contribution is 2.20. The molecule has 2 heteroatoms. The Morgan fingerprint density at radius 2 is 1.88 bits per heavy atom. The van der Waals surface area contributed by atoms with Crippen molar-refractivity contribution in [3.63, 3.8) is 0 Å². The van der Waals surface area contributed by atoms with Gasteiger partial charge < -0.3 is 5.32 Å². The number of aromatic nitrogens is 1. The fourth-order valence-electron chi connectivity index (χ4n) is 1.92. The molecule has 88 valence electrons. The van der Waals surface area contributed by atoms with Gasteiger partial charge in [0, 0.05) is 24.5 Å². The van der Waals surface area contributed by atoms with Crippen molar-refractivity contribution in [2.45, 2.75) is 19.9 Å². The third-order valence-electron chi connectivity index (χ3n) is 2.84. The maximum atomic E-state index is 4.30. The van der Waals surface area contributed by atoms with E-state index in [-0.39, 0.29) is 0 Å². The molecule has 1 aromatic heterocycles. The van der Waals surface area contributed by atoms with Gasteiger partial charge in [-0.05, 0) is 36.2 Å². The van der Waals surface area contributed by atoms with Gasteiger partial charge >= 0.3 is 0 Å². The third-order valence-corrected chi connectivity index (χ3v) is 2.84. The van der Waals surface area contributed by atoms with Crippen LogP contribution >= 0.6 is 0 Å². The van der Waals surface area contributed by atoms with Crippen LogP contribution in [0.3, 0.4) is 0 Å². The van der Waals surface area contributed by atoms with Crippen molar-refractivity contribution < 1.29 is 0 Å². The number of benzene rings is 1. The SMILES string of the molecule is CCc1cccc(-c2cncc(CNC)c2)c1. The van der Waals surface area contributed by atoms with Crippen LogP contribution in [-0.4, -0.2) is 12.0 Å². The Morgan fingerprint density at radius 3 is 2.65 bits per heavy atom. The first kappa shape index (κ1) is 11.8. The van der Waals surface area contributed by atoms with Gasteiger partial charge in [-0.1, -0.05) is 31.2 Å². The first-order valence-corrected chi connectivity index (χ1v) is 6.01. The fraction of sp³-hybridized carbons (Fsp3) is 0.267. The summed E-state index contributed by atoms with van der Waals surface area (Å²) in [6.07, 6.45) is 4.90. The first-order valence-electron chi connectivity index (χ1n) is 6.01. The summed E-state index contributed by atoms with van der Waals surface area (Å²) >= 11 is 0. The van der Waals surface area contributed by atoms with E-state index in [1.807, 2.05) is 19.4 Å². The summed E-state index contributed by atoms with van der Waals surface area (Å²) in [4.78, 5) is 4.30. The van der Waals surface area contributed by atoms with Crippen molar-refractivity contribution in [2.24, 2.45) is 0 Å². The van der Waals surface area contributed by atoms with E-state index >= 15 is 0 Å². The average Bonchev–Trinajstić information content (AvgIpc) is 2.40. The molecule has 0 amide bonds. The fourth-order valence-corrected chi connectivity index (χ4v) is 1.92. The molecular formula is C15H18N2. The van der Waals surface area contributed by atoms with Gasteiger partial charge in [0.2, 0.25) is 0 Å². The number of hydrogen-bond donors (Lipinski definition) is 1. The number of aryl methyl sites for hydroxylation is 1. The smallest absolute Gasteiger partial charge is 0.0346 e. The van der Waals surface area contributed by atoms with Gasteiger partial charge in [0.05, 0.1) is 0 Å². The van der Waals surface area contributed by atoms with E-state index in [0.717, 1.165) is 13.0 Å². The Balaban J connectivity index is 2.34. The minimum atomic E-state index is 0.855. The molecule has 0 aliphatic carbocycles. The quantitative estimate of drug-likeness (QED) is 0.866. The normalized spacial score (nSPS) is 10.5. The molecule has 1 aromatic carbocycles. The van der Waals surface area contributed by atoms with E-state index in [4.69, 9.17) is 0 Å². The second kappa shape index (κ2) is 5.60. The minimum Gasteiger partial charge on any atom is -0.316 e. The molecule has 0 bridgehead atoms. The molecule has 0 aliphatic rings. The highest BCUT2D eigenvalue weighted by atomic mass is 14.8. The van der Waals surface area contributed by atoms with E-state index in [1.54, 1.807) is 0 Å². The Bertz CT molecular complexity index is 492. The van der Waals surface area contributed by atoms with E-state index < -0.39 is 0 Å². The van der Waals surface area contributed by atoms with Crippen LogP contribution in [-0.2, 0) is 13.0 Å². The largest absolute Gasteiger partial charge is 0.316 e. The van der Waals surface area contributed by atoms with Gasteiger partial charge in [0.1, 0.15) is 0 Å². The number of pyridine rings is 1. The Hall–Kier alpha value is -1.67. The van der Waals surface area contributed by atoms with Gasteiger partial charge in [0.25, 0.3) is 0 Å². The summed E-state index contributed by atoms with van der Waals surface area (Å²) in [5.41, 5.74) is 5.01. The van der Waals surface area contributed by atoms with Crippen LogP contribution in [0.25, 0.3) is 11.1 Å². The molecule has 2 nitrogen and oxygen atoms in total. The van der Waals surface area contributed by atoms with Crippen LogP contribution in [0.2, 0.25) is 0 Å². The summed E-state index contributed by atoms with van der Waals surface area (Å²) in [7, 11) is 1.95. The van der Waals surface area contributed by atoms with Gasteiger partial charge in [-0.15, -0.1) is 0 Å². The molecule has 2 aromatic rings. The summed E-state index contributed by atoms with van der Waals surface area (Å²) in [5, 5.41) is 3.15. The lowest BCUT2D eigenvalue weighted by atomic mass is 10.0. The van der Waals surface area contributed by atoms with Crippen molar-refractivity contribution in [3.8, 4) is 11.1 Å². The van der Waals surface area contributed by atoms with Gasteiger partial charge in [-0.25, -0.2) is 0 Å². The lowest BCUT2D eigenvalue weighted by Crippen LogP contribution is -2.05. The molecule has 17 heavy (non-hydrogen) atoms. The third kappa shape index (κ3) is 2.92. The maximum Gasteiger partial charge on any atom is 0.0346 e. The van der Waals surface area contributed by atoms with Crippen LogP contribution < -0.4 is 5.32 Å². The zero-order valence-electron chi connectivity index (χ0n) is 10.4. The van der Waals surface area contributed by atoms with Crippen molar-refractivity contribution in [1.82, 2.24) is 10.3 Å². The summed E-state index contributed by atoms with van der Waals surface area (Å²) < 4.78 is 0. The topological polar surface area (TPSA) is 24.9 Å². The molecule has 1 heterocycles. The number of rotatable bonds is 4. The standard InChI is InChI=1S/C15H18N2/c1-3-12-5-4-6-14(7-12)15-8-13(9-16-2)10-17-11-15/h4-8,10-11,16H,3,9H2,1-2H3. The molecule has 0 fully saturated rings. The molecule has 0 saturated heterocycles. The number of nitrogens with one attached hydrogen (secondary N) is 1. The highest BCUT2D eigenvalue weighted by molar-refractivity contribution is 5.63. The average molecular weight is 226 g/mol. The predicted octanol–water partition coefficient (Wildman–Crippen LogP) is 3.03. The second-order valence-electron chi connectivity index (χ2n) is 4.17. The van der Waals surface area contributed by atoms with Gasteiger partial charge in [-0.3, -0.25) is 4.98 Å². The highest BCUT2D eigenvalue weighted by Gasteiger charge is 2.00. The lowest BCUT2D eigenvalue weighted by Gasteiger charge is -2.06. The van der Waals surface area contributed by atoms with E-state index in [1.165, 1.54) is 22.3 Å². The number of hydrogen-bond acceptors (Lipinski definition) is 2. The molecule has 0 atom stereocenters. The molecule has 0 spiro atoms. The molecule has 0 unspecified atom stereocenters. The van der Waals surface area contributed by atoms with Crippen molar-refractivity contribution in [3.05, 3.63) is 53.9 Å². The molecule has 2 rings (SSSR count). The van der Waals surface area contributed by atoms with Crippen LogP contribution in [0.5, 0.6) is 0 Å². The lowest BCUT2D eigenvalue weighted by molar-refractivity contribution is 0.813. The minimum absolute atomic E-state index is 0.855. The summed E-state index contributed by atoms with van der Waals surface area (Å²) in [5.74, 6) is 0. The first-order chi connectivity index (χ1) is 8.33. The van der Waals surface area contributed by atoms with Gasteiger partial charge in [0.15, 0.2) is 0 Å². The Kier molecular flexibility index (Phi) is 3.89. The summed E-state index contributed by atoms with van der Waals surface area (Å²) in [6, 6.07) is 10.8. The zero-order chi connectivity index (χ0) is 12.1. The second-order valence-corrected chi connectivity index (χ2v) is 4.17. The van der Waals surface area contributed by atoms with Gasteiger partial charge in [-0.2, -0.15) is 0 Å². The van der Waals surface area contributed by atoms with Crippen molar-refractivity contribution in [1.29, 1.82) is 0 Å². The van der Waals surface area contributed by atoms with E-state index in [2.05, 4.69) is 47.6 Å². The molecule has 0 saturated carbocycles. The predicted molar refractivity (Wildman–Crippen MR) is 71.8 cm³/mol. The summed E-state index contributed by atoms with van der Waals surface area (Å²) in [6.45, 7) is 3.03. The monoisotopic (exact) mass is 226 g/mol. The van der Waals surface area contributed by atoms with Crippen LogP contribution in [0, 0.1) is 0 Å². The van der Waals surface area contributed by atoms with Crippen LogP contribution in [0.1, 0.15) is 18.1 Å². The molecule has 1 N–H and O–H groups in total. The van der Waals surface area contributed by atoms with E-state index in [9.17, 15) is 0 Å². The van der Waals surface area contributed by atoms with E-state index in [0.29, 0.717) is 0 Å². The Labute approximate surface area is 103 Å². The molecule has 0 aliphatic heterocycles. The Morgan fingerprint density at radius 1 is 1.06 bits per heavy atom. The van der Waals surface area contributed by atoms with Crippen molar-refractivity contribution >= 4 is 0 Å². The van der Waals surface area contributed by atoms with Crippen molar-refractivity contribution in [2.75, 3.05) is 7.05 Å².